The van der Waals surface area contributed by atoms with Crippen LogP contribution in [0.5, 0.6) is 0 Å². The number of carbonyl (C=O) groups is 2. The van der Waals surface area contributed by atoms with Gasteiger partial charge >= 0.3 is 0 Å². The summed E-state index contributed by atoms with van der Waals surface area (Å²) in [7, 11) is 0. The molecule has 1 saturated heterocycles. The van der Waals surface area contributed by atoms with Crippen molar-refractivity contribution >= 4 is 29.9 Å². The van der Waals surface area contributed by atoms with Crippen molar-refractivity contribution in [3.63, 3.8) is 0 Å². The maximum atomic E-state index is 12.1. The monoisotopic (exact) mass is 327 g/mol. The molecule has 1 atom stereocenters. The minimum Gasteiger partial charge on any atom is -0.352 e. The molecule has 1 saturated carbocycles. The van der Waals surface area contributed by atoms with Crippen LogP contribution in [0.15, 0.2) is 12.4 Å². The van der Waals surface area contributed by atoms with Crippen LogP contribution in [-0.4, -0.2) is 40.7 Å². The molecule has 0 bridgehead atoms. The number of hydrogen-bond acceptors (Lipinski definition) is 4. The molecule has 0 aromatic carbocycles. The zero-order chi connectivity index (χ0) is 14.7. The van der Waals surface area contributed by atoms with Crippen molar-refractivity contribution in [2.24, 2.45) is 5.92 Å². The number of rotatable bonds is 5. The number of nitrogens with zero attached hydrogens (tertiary/aromatic N) is 2. The molecule has 2 aliphatic rings. The Morgan fingerprint density at radius 2 is 2.18 bits per heavy atom. The van der Waals surface area contributed by atoms with E-state index in [1.807, 2.05) is 0 Å². The highest BCUT2D eigenvalue weighted by Gasteiger charge is 2.23. The predicted molar refractivity (Wildman–Crippen MR) is 84.9 cm³/mol. The largest absolute Gasteiger partial charge is 0.352 e. The molecule has 3 rings (SSSR count). The number of halogens is 1. The molecule has 122 valence electrons. The van der Waals surface area contributed by atoms with E-state index in [0.717, 1.165) is 38.8 Å². The molecular weight excluding hydrogens is 306 g/mol. The van der Waals surface area contributed by atoms with Crippen molar-refractivity contribution in [1.82, 2.24) is 20.4 Å². The van der Waals surface area contributed by atoms with Crippen LogP contribution in [0.1, 0.15) is 25.7 Å². The van der Waals surface area contributed by atoms with E-state index in [-0.39, 0.29) is 36.7 Å². The highest BCUT2D eigenvalue weighted by atomic mass is 35.5. The van der Waals surface area contributed by atoms with Gasteiger partial charge < -0.3 is 16.0 Å². The van der Waals surface area contributed by atoms with Gasteiger partial charge in [0, 0.05) is 18.8 Å². The first-order chi connectivity index (χ1) is 10.2. The number of amides is 2. The Balaban J connectivity index is 0.00000176. The van der Waals surface area contributed by atoms with E-state index >= 15 is 0 Å². The molecule has 2 heterocycles. The lowest BCUT2D eigenvalue weighted by Crippen LogP contribution is -2.37. The Morgan fingerprint density at radius 1 is 1.36 bits per heavy atom. The van der Waals surface area contributed by atoms with E-state index in [0.29, 0.717) is 11.7 Å². The van der Waals surface area contributed by atoms with Crippen LogP contribution >= 0.6 is 12.4 Å². The molecular formula is C14H22ClN5O2. The zero-order valence-corrected chi connectivity index (χ0v) is 13.2. The highest BCUT2D eigenvalue weighted by molar-refractivity contribution is 5.92. The van der Waals surface area contributed by atoms with Gasteiger partial charge in [0.25, 0.3) is 0 Å². The number of anilines is 1. The third-order valence-electron chi connectivity index (χ3n) is 3.82. The maximum absolute atomic E-state index is 12.1. The summed E-state index contributed by atoms with van der Waals surface area (Å²) in [4.78, 5) is 23.8. The van der Waals surface area contributed by atoms with Crippen molar-refractivity contribution in [2.45, 2.75) is 38.3 Å². The molecule has 1 aliphatic heterocycles. The molecule has 22 heavy (non-hydrogen) atoms. The first-order valence-corrected chi connectivity index (χ1v) is 7.54. The second-order valence-electron chi connectivity index (χ2n) is 5.80. The van der Waals surface area contributed by atoms with Crippen LogP contribution < -0.4 is 16.0 Å². The molecule has 8 heteroatoms. The Labute approximate surface area is 135 Å². The molecule has 2 fully saturated rings. The Bertz CT molecular complexity index is 523. The number of nitrogens with one attached hydrogen (secondary N) is 3. The van der Waals surface area contributed by atoms with Gasteiger partial charge in [-0.25, -0.2) is 0 Å². The Hall–Kier alpha value is -1.60. The fourth-order valence-electron chi connectivity index (χ4n) is 2.48. The van der Waals surface area contributed by atoms with Crippen molar-refractivity contribution in [3.8, 4) is 0 Å². The molecule has 0 spiro atoms. The summed E-state index contributed by atoms with van der Waals surface area (Å²) in [6.45, 7) is 1.90. The second kappa shape index (κ2) is 7.60. The molecule has 1 aromatic heterocycles. The van der Waals surface area contributed by atoms with Gasteiger partial charge in [-0.2, -0.15) is 5.10 Å². The molecule has 7 nitrogen and oxygen atoms in total. The van der Waals surface area contributed by atoms with E-state index in [1.165, 1.54) is 0 Å². The van der Waals surface area contributed by atoms with Gasteiger partial charge in [0.15, 0.2) is 0 Å². The number of carbonyl (C=O) groups excluding carboxylic acids is 2. The highest BCUT2D eigenvalue weighted by Crippen LogP contribution is 2.18. The first kappa shape index (κ1) is 16.8. The zero-order valence-electron chi connectivity index (χ0n) is 12.4. The van der Waals surface area contributed by atoms with Gasteiger partial charge in [0.2, 0.25) is 11.8 Å². The summed E-state index contributed by atoms with van der Waals surface area (Å²) < 4.78 is 1.55. The summed E-state index contributed by atoms with van der Waals surface area (Å²) >= 11 is 0. The molecule has 3 N–H and O–H groups in total. The van der Waals surface area contributed by atoms with Crippen LogP contribution in [-0.2, 0) is 16.1 Å². The summed E-state index contributed by atoms with van der Waals surface area (Å²) in [6.07, 6.45) is 7.36. The topological polar surface area (TPSA) is 88.1 Å². The predicted octanol–water partition coefficient (Wildman–Crippen LogP) is 0.522. The van der Waals surface area contributed by atoms with Crippen molar-refractivity contribution in [1.29, 1.82) is 0 Å². The van der Waals surface area contributed by atoms with Gasteiger partial charge in [0.1, 0.15) is 6.54 Å². The van der Waals surface area contributed by atoms with Crippen molar-refractivity contribution < 1.29 is 9.59 Å². The fourth-order valence-corrected chi connectivity index (χ4v) is 2.48. The van der Waals surface area contributed by atoms with Crippen LogP contribution in [0.25, 0.3) is 0 Å². The van der Waals surface area contributed by atoms with Crippen molar-refractivity contribution in [3.05, 3.63) is 12.4 Å². The molecule has 2 amide bonds. The van der Waals surface area contributed by atoms with E-state index < -0.39 is 0 Å². The van der Waals surface area contributed by atoms with Gasteiger partial charge in [-0.3, -0.25) is 14.3 Å². The van der Waals surface area contributed by atoms with Crippen molar-refractivity contribution in [2.75, 3.05) is 18.4 Å². The standard InChI is InChI=1S/C14H21N5O2.ClH/c20-13(17-11-3-4-11)9-19-8-12(7-16-19)18-14(21)10-2-1-5-15-6-10;/h7-8,10-11,15H,1-6,9H2,(H,17,20)(H,18,21);1H/t10-;/m1./s1. The lowest BCUT2D eigenvalue weighted by atomic mass is 9.99. The summed E-state index contributed by atoms with van der Waals surface area (Å²) in [6, 6.07) is 0.353. The van der Waals surface area contributed by atoms with Crippen LogP contribution in [0.4, 0.5) is 5.69 Å². The maximum Gasteiger partial charge on any atom is 0.241 e. The number of piperidine rings is 1. The second-order valence-corrected chi connectivity index (χ2v) is 5.80. The third-order valence-corrected chi connectivity index (χ3v) is 3.82. The van der Waals surface area contributed by atoms with Gasteiger partial charge in [-0.15, -0.1) is 12.4 Å². The van der Waals surface area contributed by atoms with E-state index in [4.69, 9.17) is 0 Å². The minimum atomic E-state index is -0.0324. The Kier molecular flexibility index (Phi) is 5.79. The Morgan fingerprint density at radius 3 is 2.86 bits per heavy atom. The van der Waals surface area contributed by atoms with E-state index in [1.54, 1.807) is 17.1 Å². The normalized spacial score (nSPS) is 20.8. The van der Waals surface area contributed by atoms with E-state index in [2.05, 4.69) is 21.0 Å². The average molecular weight is 328 g/mol. The summed E-state index contributed by atoms with van der Waals surface area (Å²) in [5.74, 6) is -0.000552. The van der Waals surface area contributed by atoms with E-state index in [9.17, 15) is 9.59 Å². The quantitative estimate of drug-likeness (QED) is 0.736. The van der Waals surface area contributed by atoms with Crippen LogP contribution in [0, 0.1) is 5.92 Å². The fraction of sp³-hybridized carbons (Fsp3) is 0.643. The lowest BCUT2D eigenvalue weighted by Gasteiger charge is -2.21. The first-order valence-electron chi connectivity index (χ1n) is 7.54. The smallest absolute Gasteiger partial charge is 0.241 e. The molecule has 0 radical (unpaired) electrons. The van der Waals surface area contributed by atoms with Gasteiger partial charge in [-0.05, 0) is 32.2 Å². The summed E-state index contributed by atoms with van der Waals surface area (Å²) in [5.41, 5.74) is 0.643. The summed E-state index contributed by atoms with van der Waals surface area (Å²) in [5, 5.41) is 13.1. The van der Waals surface area contributed by atoms with Crippen LogP contribution in [0.2, 0.25) is 0 Å². The third kappa shape index (κ3) is 4.71. The molecule has 1 aliphatic carbocycles. The van der Waals surface area contributed by atoms with Crippen LogP contribution in [0.3, 0.4) is 0 Å². The van der Waals surface area contributed by atoms with Gasteiger partial charge in [0.05, 0.1) is 17.8 Å². The molecule has 0 unspecified atom stereocenters. The number of hydrogen-bond donors (Lipinski definition) is 3. The average Bonchev–Trinajstić information content (AvgIpc) is 3.19. The lowest BCUT2D eigenvalue weighted by molar-refractivity contribution is -0.122. The minimum absolute atomic E-state index is 0. The van der Waals surface area contributed by atoms with Gasteiger partial charge in [-0.1, -0.05) is 0 Å². The SMILES string of the molecule is Cl.O=C(Cn1cc(NC(=O)[C@@H]2CCCNC2)cn1)NC1CC1. The number of aromatic nitrogens is 2. The molecule has 1 aromatic rings.